The molecule has 4 nitrogen and oxygen atoms in total. The van der Waals surface area contributed by atoms with E-state index in [-0.39, 0.29) is 4.90 Å². The topological polar surface area (TPSA) is 63.4 Å². The van der Waals surface area contributed by atoms with Gasteiger partial charge in [-0.1, -0.05) is 17.7 Å². The Morgan fingerprint density at radius 2 is 2.19 bits per heavy atom. The quantitative estimate of drug-likeness (QED) is 0.875. The molecule has 2 rings (SSSR count). The highest BCUT2D eigenvalue weighted by Gasteiger charge is 2.32. The smallest absolute Gasteiger partial charge is 0.244 e. The van der Waals surface area contributed by atoms with Crippen LogP contribution in [0, 0.1) is 0 Å². The highest BCUT2D eigenvalue weighted by atomic mass is 35.5. The number of hydrogen-bond donors (Lipinski definition) is 1. The third kappa shape index (κ3) is 2.08. The van der Waals surface area contributed by atoms with E-state index >= 15 is 0 Å². The normalized spacial score (nSPS) is 22.5. The zero-order valence-electron chi connectivity index (χ0n) is 8.64. The zero-order chi connectivity index (χ0) is 11.8. The van der Waals surface area contributed by atoms with Crippen molar-refractivity contribution >= 4 is 21.6 Å². The number of nitrogens with zero attached hydrogens (tertiary/aromatic N) is 1. The second-order valence-corrected chi connectivity index (χ2v) is 6.11. The van der Waals surface area contributed by atoms with Crippen molar-refractivity contribution in [3.8, 4) is 0 Å². The van der Waals surface area contributed by atoms with Crippen LogP contribution in [-0.4, -0.2) is 25.4 Å². The number of benzene rings is 1. The maximum atomic E-state index is 12.2. The Hall–Kier alpha value is -0.620. The Kier molecular flexibility index (Phi) is 3.21. The van der Waals surface area contributed by atoms with Gasteiger partial charge in [-0.15, -0.1) is 0 Å². The first-order chi connectivity index (χ1) is 7.51. The van der Waals surface area contributed by atoms with E-state index in [0.29, 0.717) is 18.0 Å². The molecule has 88 valence electrons. The van der Waals surface area contributed by atoms with E-state index in [1.165, 1.54) is 16.4 Å². The lowest BCUT2D eigenvalue weighted by molar-refractivity contribution is 0.396. The second-order valence-electron chi connectivity index (χ2n) is 3.78. The van der Waals surface area contributed by atoms with Crippen LogP contribution >= 0.6 is 11.6 Å². The summed E-state index contributed by atoms with van der Waals surface area (Å²) in [5.74, 6) is 0. The molecule has 0 bridgehead atoms. The standard InChI is InChI=1S/C10H13ClN2O2S/c11-8-3-1-4-9(7-8)16(14,15)13-6-2-5-10(13)12/h1,3-4,7,10H,2,5-6,12H2. The fraction of sp³-hybridized carbons (Fsp3) is 0.400. The molecule has 6 heteroatoms. The fourth-order valence-electron chi connectivity index (χ4n) is 1.83. The van der Waals surface area contributed by atoms with Gasteiger partial charge in [0.2, 0.25) is 10.0 Å². The number of nitrogens with two attached hydrogens (primary N) is 1. The zero-order valence-corrected chi connectivity index (χ0v) is 10.2. The largest absolute Gasteiger partial charge is 0.315 e. The molecule has 1 aromatic rings. The molecule has 0 radical (unpaired) electrons. The summed E-state index contributed by atoms with van der Waals surface area (Å²) in [4.78, 5) is 0.206. The molecule has 0 saturated carbocycles. The first-order valence-electron chi connectivity index (χ1n) is 5.05. The third-order valence-electron chi connectivity index (χ3n) is 2.65. The first-order valence-corrected chi connectivity index (χ1v) is 6.86. The average Bonchev–Trinajstić information content (AvgIpc) is 2.65. The summed E-state index contributed by atoms with van der Waals surface area (Å²) >= 11 is 5.78. The predicted octanol–water partition coefficient (Wildman–Crippen LogP) is 1.41. The predicted molar refractivity (Wildman–Crippen MR) is 62.6 cm³/mol. The van der Waals surface area contributed by atoms with Crippen LogP contribution in [-0.2, 0) is 10.0 Å². The van der Waals surface area contributed by atoms with Crippen molar-refractivity contribution in [1.29, 1.82) is 0 Å². The summed E-state index contributed by atoms with van der Waals surface area (Å²) in [6.07, 6.45) is 1.10. The fourth-order valence-corrected chi connectivity index (χ4v) is 3.71. The molecule has 1 aliphatic rings. The molecule has 1 saturated heterocycles. The maximum absolute atomic E-state index is 12.2. The van der Waals surface area contributed by atoms with Gasteiger partial charge in [-0.2, -0.15) is 4.31 Å². The molecular formula is C10H13ClN2O2S. The monoisotopic (exact) mass is 260 g/mol. The van der Waals surface area contributed by atoms with E-state index in [9.17, 15) is 8.42 Å². The molecule has 1 heterocycles. The lowest BCUT2D eigenvalue weighted by Crippen LogP contribution is -2.40. The van der Waals surface area contributed by atoms with Crippen LogP contribution in [0.4, 0.5) is 0 Å². The highest BCUT2D eigenvalue weighted by Crippen LogP contribution is 2.24. The second kappa shape index (κ2) is 4.33. The molecule has 1 unspecified atom stereocenters. The summed E-state index contributed by atoms with van der Waals surface area (Å²) in [7, 11) is -3.49. The molecule has 0 aliphatic carbocycles. The van der Waals surface area contributed by atoms with Crippen molar-refractivity contribution in [1.82, 2.24) is 4.31 Å². The third-order valence-corrected chi connectivity index (χ3v) is 4.81. The summed E-state index contributed by atoms with van der Waals surface area (Å²) in [5, 5.41) is 0.411. The Morgan fingerprint density at radius 1 is 1.44 bits per heavy atom. The molecule has 1 fully saturated rings. The molecular weight excluding hydrogens is 248 g/mol. The average molecular weight is 261 g/mol. The van der Waals surface area contributed by atoms with Gasteiger partial charge < -0.3 is 5.73 Å². The van der Waals surface area contributed by atoms with Gasteiger partial charge in [0, 0.05) is 11.6 Å². The first kappa shape index (κ1) is 11.9. The lowest BCUT2D eigenvalue weighted by Gasteiger charge is -2.20. The maximum Gasteiger partial charge on any atom is 0.244 e. The van der Waals surface area contributed by atoms with Crippen LogP contribution in [0.5, 0.6) is 0 Å². The van der Waals surface area contributed by atoms with Gasteiger partial charge in [0.05, 0.1) is 11.1 Å². The van der Waals surface area contributed by atoms with E-state index < -0.39 is 16.2 Å². The SMILES string of the molecule is NC1CCCN1S(=O)(=O)c1cccc(Cl)c1. The number of halogens is 1. The van der Waals surface area contributed by atoms with Gasteiger partial charge in [0.25, 0.3) is 0 Å². The van der Waals surface area contributed by atoms with Gasteiger partial charge in [0.1, 0.15) is 0 Å². The van der Waals surface area contributed by atoms with Crippen molar-refractivity contribution in [3.63, 3.8) is 0 Å². The minimum atomic E-state index is -3.49. The van der Waals surface area contributed by atoms with Crippen LogP contribution in [0.1, 0.15) is 12.8 Å². The van der Waals surface area contributed by atoms with Crippen molar-refractivity contribution in [2.24, 2.45) is 5.73 Å². The molecule has 16 heavy (non-hydrogen) atoms. The molecule has 2 N–H and O–H groups in total. The van der Waals surface area contributed by atoms with E-state index in [0.717, 1.165) is 6.42 Å². The summed E-state index contributed by atoms with van der Waals surface area (Å²) in [5.41, 5.74) is 5.75. The van der Waals surface area contributed by atoms with Crippen molar-refractivity contribution in [2.45, 2.75) is 23.9 Å². The number of rotatable bonds is 2. The van der Waals surface area contributed by atoms with Crippen molar-refractivity contribution in [3.05, 3.63) is 29.3 Å². The Morgan fingerprint density at radius 3 is 2.75 bits per heavy atom. The summed E-state index contributed by atoms with van der Waals surface area (Å²) in [6, 6.07) is 6.25. The Labute approximate surface area is 100 Å². The van der Waals surface area contributed by atoms with E-state index in [2.05, 4.69) is 0 Å². The highest BCUT2D eigenvalue weighted by molar-refractivity contribution is 7.89. The van der Waals surface area contributed by atoms with Crippen LogP contribution in [0.2, 0.25) is 5.02 Å². The lowest BCUT2D eigenvalue weighted by atomic mass is 10.3. The van der Waals surface area contributed by atoms with Gasteiger partial charge in [-0.3, -0.25) is 0 Å². The minimum Gasteiger partial charge on any atom is -0.315 e. The van der Waals surface area contributed by atoms with Crippen LogP contribution < -0.4 is 5.73 Å². The Balaban J connectivity index is 2.39. The minimum absolute atomic E-state index is 0.206. The Bertz CT molecular complexity index is 489. The van der Waals surface area contributed by atoms with Crippen LogP contribution in [0.25, 0.3) is 0 Å². The molecule has 1 aromatic carbocycles. The van der Waals surface area contributed by atoms with Crippen molar-refractivity contribution < 1.29 is 8.42 Å². The van der Waals surface area contributed by atoms with Crippen LogP contribution in [0.15, 0.2) is 29.2 Å². The molecule has 1 aliphatic heterocycles. The summed E-state index contributed by atoms with van der Waals surface area (Å²) in [6.45, 7) is 0.482. The van der Waals surface area contributed by atoms with E-state index in [4.69, 9.17) is 17.3 Å². The van der Waals surface area contributed by atoms with Gasteiger partial charge in [-0.25, -0.2) is 8.42 Å². The van der Waals surface area contributed by atoms with Crippen LogP contribution in [0.3, 0.4) is 0 Å². The van der Waals surface area contributed by atoms with Gasteiger partial charge in [0.15, 0.2) is 0 Å². The molecule has 0 spiro atoms. The summed E-state index contributed by atoms with van der Waals surface area (Å²) < 4.78 is 25.7. The molecule has 0 aromatic heterocycles. The molecule has 0 amide bonds. The van der Waals surface area contributed by atoms with E-state index in [1.807, 2.05) is 0 Å². The van der Waals surface area contributed by atoms with Gasteiger partial charge >= 0.3 is 0 Å². The van der Waals surface area contributed by atoms with E-state index in [1.54, 1.807) is 12.1 Å². The molecule has 1 atom stereocenters. The van der Waals surface area contributed by atoms with Gasteiger partial charge in [-0.05, 0) is 31.0 Å². The number of sulfonamides is 1. The van der Waals surface area contributed by atoms with Crippen molar-refractivity contribution in [2.75, 3.05) is 6.54 Å². The number of hydrogen-bond acceptors (Lipinski definition) is 3.